The molecular formula is C20H23ClN2O4. The van der Waals surface area contributed by atoms with Crippen LogP contribution >= 0.6 is 11.6 Å². The topological polar surface area (TPSA) is 76.7 Å². The second-order valence-electron chi connectivity index (χ2n) is 6.09. The summed E-state index contributed by atoms with van der Waals surface area (Å²) in [5.74, 6) is 0.391. The minimum absolute atomic E-state index is 0.117. The number of amides is 2. The number of nitrogens with one attached hydrogen (secondary N) is 2. The minimum atomic E-state index is -0.319. The number of anilines is 2. The Labute approximate surface area is 163 Å². The third kappa shape index (κ3) is 5.37. The number of hydrogen-bond donors (Lipinski definition) is 2. The quantitative estimate of drug-likeness (QED) is 0.724. The fourth-order valence-corrected chi connectivity index (χ4v) is 2.50. The fraction of sp³-hybridized carbons (Fsp3) is 0.300. The Morgan fingerprint density at radius 3 is 2.41 bits per heavy atom. The summed E-state index contributed by atoms with van der Waals surface area (Å²) >= 11 is 6.13. The van der Waals surface area contributed by atoms with Crippen molar-refractivity contribution in [3.05, 3.63) is 47.0 Å². The summed E-state index contributed by atoms with van der Waals surface area (Å²) in [7, 11) is 1.50. The van der Waals surface area contributed by atoms with Gasteiger partial charge in [0.2, 0.25) is 5.91 Å². The fourth-order valence-electron chi connectivity index (χ4n) is 2.27. The summed E-state index contributed by atoms with van der Waals surface area (Å²) in [6.45, 7) is 5.96. The van der Waals surface area contributed by atoms with Crippen LogP contribution in [0.5, 0.6) is 11.5 Å². The number of ether oxygens (including phenoxy) is 2. The maximum atomic E-state index is 12.5. The molecule has 2 aromatic rings. The predicted octanol–water partition coefficient (Wildman–Crippen LogP) is 4.59. The highest BCUT2D eigenvalue weighted by Gasteiger charge is 2.14. The molecule has 2 N–H and O–H groups in total. The monoisotopic (exact) mass is 390 g/mol. The van der Waals surface area contributed by atoms with Crippen LogP contribution in [-0.2, 0) is 4.79 Å². The molecule has 0 aliphatic rings. The number of hydrogen-bond acceptors (Lipinski definition) is 4. The lowest BCUT2D eigenvalue weighted by Crippen LogP contribution is -2.18. The van der Waals surface area contributed by atoms with Gasteiger partial charge in [0.15, 0.2) is 0 Å². The molecular weight excluding hydrogens is 368 g/mol. The van der Waals surface area contributed by atoms with E-state index in [4.69, 9.17) is 21.1 Å². The third-order valence-corrected chi connectivity index (χ3v) is 4.03. The molecule has 0 saturated heterocycles. The molecule has 0 aliphatic carbocycles. The van der Waals surface area contributed by atoms with Crippen molar-refractivity contribution in [3.8, 4) is 11.5 Å². The van der Waals surface area contributed by atoms with Crippen molar-refractivity contribution < 1.29 is 19.1 Å². The van der Waals surface area contributed by atoms with E-state index in [2.05, 4.69) is 10.6 Å². The number of halogens is 1. The highest BCUT2D eigenvalue weighted by molar-refractivity contribution is 6.32. The maximum absolute atomic E-state index is 12.5. The van der Waals surface area contributed by atoms with E-state index in [0.717, 1.165) is 0 Å². The molecule has 6 nitrogen and oxygen atoms in total. The van der Waals surface area contributed by atoms with Crippen LogP contribution in [0.4, 0.5) is 11.4 Å². The predicted molar refractivity (Wildman–Crippen MR) is 107 cm³/mol. The Balaban J connectivity index is 2.16. The zero-order chi connectivity index (χ0) is 20.0. The average Bonchev–Trinajstić information content (AvgIpc) is 2.64. The van der Waals surface area contributed by atoms with E-state index in [1.165, 1.54) is 7.11 Å². The molecule has 27 heavy (non-hydrogen) atoms. The molecule has 0 heterocycles. The summed E-state index contributed by atoms with van der Waals surface area (Å²) in [5.41, 5.74) is 1.47. The summed E-state index contributed by atoms with van der Waals surface area (Å²) in [6, 6.07) is 9.86. The van der Waals surface area contributed by atoms with Crippen LogP contribution in [0.25, 0.3) is 0 Å². The largest absolute Gasteiger partial charge is 0.494 e. The van der Waals surface area contributed by atoms with Gasteiger partial charge in [-0.15, -0.1) is 0 Å². The van der Waals surface area contributed by atoms with Crippen LogP contribution in [0.2, 0.25) is 5.02 Å². The number of carbonyl (C=O) groups is 2. The van der Waals surface area contributed by atoms with Gasteiger partial charge in [0.1, 0.15) is 11.5 Å². The summed E-state index contributed by atoms with van der Waals surface area (Å²) in [5, 5.41) is 5.94. The molecule has 0 saturated carbocycles. The smallest absolute Gasteiger partial charge is 0.255 e. The number of carbonyl (C=O) groups excluding carboxylic acids is 2. The van der Waals surface area contributed by atoms with Crippen molar-refractivity contribution in [2.45, 2.75) is 20.8 Å². The SMILES string of the molecule is CCOc1ccc(C(=O)Nc2ccc(NC(=O)C(C)C)c(OC)c2)cc1Cl. The Kier molecular flexibility index (Phi) is 7.07. The van der Waals surface area contributed by atoms with Crippen LogP contribution in [-0.4, -0.2) is 25.5 Å². The van der Waals surface area contributed by atoms with E-state index in [1.54, 1.807) is 50.2 Å². The van der Waals surface area contributed by atoms with Crippen molar-refractivity contribution in [3.63, 3.8) is 0 Å². The molecule has 7 heteroatoms. The van der Waals surface area contributed by atoms with Gasteiger partial charge in [-0.2, -0.15) is 0 Å². The van der Waals surface area contributed by atoms with E-state index in [0.29, 0.717) is 40.1 Å². The molecule has 0 spiro atoms. The van der Waals surface area contributed by atoms with Crippen molar-refractivity contribution >= 4 is 34.8 Å². The van der Waals surface area contributed by atoms with Gasteiger partial charge in [0, 0.05) is 23.2 Å². The second kappa shape index (κ2) is 9.28. The average molecular weight is 391 g/mol. The lowest BCUT2D eigenvalue weighted by molar-refractivity contribution is -0.118. The van der Waals surface area contributed by atoms with Crippen molar-refractivity contribution in [2.24, 2.45) is 5.92 Å². The highest BCUT2D eigenvalue weighted by atomic mass is 35.5. The molecule has 0 bridgehead atoms. The molecule has 2 aromatic carbocycles. The van der Waals surface area contributed by atoms with Crippen molar-refractivity contribution in [1.29, 1.82) is 0 Å². The molecule has 0 radical (unpaired) electrons. The van der Waals surface area contributed by atoms with Crippen LogP contribution in [0.1, 0.15) is 31.1 Å². The van der Waals surface area contributed by atoms with E-state index < -0.39 is 0 Å². The lowest BCUT2D eigenvalue weighted by Gasteiger charge is -2.14. The molecule has 2 rings (SSSR count). The number of methoxy groups -OCH3 is 1. The summed E-state index contributed by atoms with van der Waals surface area (Å²) in [6.07, 6.45) is 0. The highest BCUT2D eigenvalue weighted by Crippen LogP contribution is 2.29. The zero-order valence-electron chi connectivity index (χ0n) is 15.8. The Hall–Kier alpha value is -2.73. The van der Waals surface area contributed by atoms with Gasteiger partial charge in [-0.25, -0.2) is 0 Å². The first-order valence-electron chi connectivity index (χ1n) is 8.58. The van der Waals surface area contributed by atoms with Crippen LogP contribution in [0.15, 0.2) is 36.4 Å². The normalized spacial score (nSPS) is 10.4. The lowest BCUT2D eigenvalue weighted by atomic mass is 10.1. The van der Waals surface area contributed by atoms with Crippen molar-refractivity contribution in [1.82, 2.24) is 0 Å². The first kappa shape index (κ1) is 20.6. The first-order valence-corrected chi connectivity index (χ1v) is 8.96. The van der Waals surface area contributed by atoms with Crippen molar-refractivity contribution in [2.75, 3.05) is 24.4 Å². The van der Waals surface area contributed by atoms with Crippen LogP contribution in [0.3, 0.4) is 0 Å². The van der Waals surface area contributed by atoms with Crippen LogP contribution < -0.4 is 20.1 Å². The van der Waals surface area contributed by atoms with Gasteiger partial charge in [-0.3, -0.25) is 9.59 Å². The molecule has 0 aromatic heterocycles. The molecule has 0 unspecified atom stereocenters. The third-order valence-electron chi connectivity index (χ3n) is 3.74. The molecule has 0 atom stereocenters. The van der Waals surface area contributed by atoms with Gasteiger partial charge < -0.3 is 20.1 Å². The Morgan fingerprint density at radius 2 is 1.81 bits per heavy atom. The van der Waals surface area contributed by atoms with E-state index in [-0.39, 0.29) is 17.7 Å². The van der Waals surface area contributed by atoms with Gasteiger partial charge >= 0.3 is 0 Å². The molecule has 0 fully saturated rings. The van der Waals surface area contributed by atoms with Crippen LogP contribution in [0, 0.1) is 5.92 Å². The van der Waals surface area contributed by atoms with Gasteiger partial charge in [0.25, 0.3) is 5.91 Å². The molecule has 2 amide bonds. The van der Waals surface area contributed by atoms with E-state index in [9.17, 15) is 9.59 Å². The van der Waals surface area contributed by atoms with E-state index in [1.807, 2.05) is 6.92 Å². The maximum Gasteiger partial charge on any atom is 0.255 e. The van der Waals surface area contributed by atoms with Gasteiger partial charge in [-0.05, 0) is 37.3 Å². The van der Waals surface area contributed by atoms with Gasteiger partial charge in [0.05, 0.1) is 24.4 Å². The standard InChI is InChI=1S/C20H23ClN2O4/c1-5-27-17-9-6-13(10-15(17)21)20(25)22-14-7-8-16(18(11-14)26-4)23-19(24)12(2)3/h6-12H,5H2,1-4H3,(H,22,25)(H,23,24). The van der Waals surface area contributed by atoms with Gasteiger partial charge in [-0.1, -0.05) is 25.4 Å². The minimum Gasteiger partial charge on any atom is -0.494 e. The zero-order valence-corrected chi connectivity index (χ0v) is 16.5. The Morgan fingerprint density at radius 1 is 1.07 bits per heavy atom. The molecule has 0 aliphatic heterocycles. The second-order valence-corrected chi connectivity index (χ2v) is 6.50. The van der Waals surface area contributed by atoms with E-state index >= 15 is 0 Å². The first-order chi connectivity index (χ1) is 12.8. The molecule has 144 valence electrons. The number of rotatable bonds is 7. The summed E-state index contributed by atoms with van der Waals surface area (Å²) in [4.78, 5) is 24.3. The Bertz CT molecular complexity index is 837. The summed E-state index contributed by atoms with van der Waals surface area (Å²) < 4.78 is 10.7. The number of benzene rings is 2.